The summed E-state index contributed by atoms with van der Waals surface area (Å²) in [6.07, 6.45) is 2.67. The van der Waals surface area contributed by atoms with Crippen molar-refractivity contribution in [3.05, 3.63) is 35.4 Å². The van der Waals surface area contributed by atoms with E-state index in [2.05, 4.69) is 24.0 Å². The van der Waals surface area contributed by atoms with Crippen molar-refractivity contribution in [1.29, 1.82) is 5.41 Å². The van der Waals surface area contributed by atoms with Crippen LogP contribution in [0.5, 0.6) is 0 Å². The van der Waals surface area contributed by atoms with Crippen molar-refractivity contribution in [2.75, 3.05) is 13.1 Å². The molecule has 92 valence electrons. The minimum atomic E-state index is 0.142. The van der Waals surface area contributed by atoms with Crippen LogP contribution in [0.25, 0.3) is 0 Å². The fraction of sp³-hybridized carbons (Fsp3) is 0.500. The lowest BCUT2D eigenvalue weighted by molar-refractivity contribution is 0.176. The molecule has 1 unspecified atom stereocenters. The Hall–Kier alpha value is -1.35. The fourth-order valence-electron chi connectivity index (χ4n) is 2.48. The molecule has 3 nitrogen and oxygen atoms in total. The number of nitrogens with two attached hydrogens (primary N) is 1. The van der Waals surface area contributed by atoms with Crippen LogP contribution in [0, 0.1) is 11.3 Å². The maximum atomic E-state index is 7.35. The number of nitrogens with one attached hydrogen (secondary N) is 1. The summed E-state index contributed by atoms with van der Waals surface area (Å²) in [5, 5.41) is 7.35. The Labute approximate surface area is 103 Å². The van der Waals surface area contributed by atoms with E-state index in [0.717, 1.165) is 18.0 Å². The number of piperidine rings is 1. The number of hydrogen-bond donors (Lipinski definition) is 2. The molecule has 0 radical (unpaired) electrons. The number of hydrogen-bond acceptors (Lipinski definition) is 2. The van der Waals surface area contributed by atoms with E-state index >= 15 is 0 Å². The molecule has 0 aromatic heterocycles. The highest BCUT2D eigenvalue weighted by molar-refractivity contribution is 5.94. The predicted octanol–water partition coefficient (Wildman–Crippen LogP) is 2.20. The Bertz CT molecular complexity index is 383. The van der Waals surface area contributed by atoms with Gasteiger partial charge in [0.15, 0.2) is 0 Å². The molecule has 17 heavy (non-hydrogen) atoms. The number of amidine groups is 1. The molecular weight excluding hydrogens is 210 g/mol. The molecule has 0 amide bonds. The van der Waals surface area contributed by atoms with Crippen LogP contribution in [0.3, 0.4) is 0 Å². The van der Waals surface area contributed by atoms with Crippen molar-refractivity contribution in [2.24, 2.45) is 11.7 Å². The lowest BCUT2D eigenvalue weighted by Crippen LogP contribution is -2.33. The number of nitrogens with zero attached hydrogens (tertiary/aromatic N) is 1. The van der Waals surface area contributed by atoms with Crippen LogP contribution in [-0.2, 0) is 6.54 Å². The third kappa shape index (κ3) is 3.30. The van der Waals surface area contributed by atoms with Crippen LogP contribution in [-0.4, -0.2) is 23.8 Å². The van der Waals surface area contributed by atoms with Gasteiger partial charge in [-0.3, -0.25) is 10.3 Å². The standard InChI is InChI=1S/C14H21N3/c1-11-3-2-8-17(9-11)10-12-4-6-13(7-5-12)14(15)16/h4-7,11H,2-3,8-10H2,1H3,(H3,15,16). The van der Waals surface area contributed by atoms with Gasteiger partial charge in [0, 0.05) is 18.7 Å². The molecule has 1 fully saturated rings. The van der Waals surface area contributed by atoms with Gasteiger partial charge in [0.25, 0.3) is 0 Å². The van der Waals surface area contributed by atoms with E-state index in [0.29, 0.717) is 0 Å². The summed E-state index contributed by atoms with van der Waals surface area (Å²) < 4.78 is 0. The number of rotatable bonds is 3. The second-order valence-corrected chi connectivity index (χ2v) is 5.09. The van der Waals surface area contributed by atoms with Crippen molar-refractivity contribution < 1.29 is 0 Å². The first-order valence-corrected chi connectivity index (χ1v) is 6.31. The first-order valence-electron chi connectivity index (χ1n) is 6.31. The average molecular weight is 231 g/mol. The average Bonchev–Trinajstić information content (AvgIpc) is 2.29. The number of likely N-dealkylation sites (tertiary alicyclic amines) is 1. The molecule has 0 spiro atoms. The van der Waals surface area contributed by atoms with Crippen molar-refractivity contribution in [3.8, 4) is 0 Å². The summed E-state index contributed by atoms with van der Waals surface area (Å²) in [7, 11) is 0. The van der Waals surface area contributed by atoms with E-state index in [1.807, 2.05) is 12.1 Å². The van der Waals surface area contributed by atoms with Gasteiger partial charge < -0.3 is 5.73 Å². The Kier molecular flexibility index (Phi) is 3.79. The molecule has 0 bridgehead atoms. The molecule has 1 aromatic rings. The quantitative estimate of drug-likeness (QED) is 0.619. The van der Waals surface area contributed by atoms with Gasteiger partial charge in [-0.25, -0.2) is 0 Å². The third-order valence-corrected chi connectivity index (χ3v) is 3.41. The van der Waals surface area contributed by atoms with Gasteiger partial charge in [-0.1, -0.05) is 31.2 Å². The molecule has 1 aromatic carbocycles. The molecule has 1 aliphatic rings. The Morgan fingerprint density at radius 3 is 2.71 bits per heavy atom. The first-order chi connectivity index (χ1) is 8.15. The molecule has 0 saturated carbocycles. The normalized spacial score (nSPS) is 21.4. The van der Waals surface area contributed by atoms with E-state index in [1.54, 1.807) is 0 Å². The minimum absolute atomic E-state index is 0.142. The van der Waals surface area contributed by atoms with Gasteiger partial charge in [-0.15, -0.1) is 0 Å². The number of benzene rings is 1. The predicted molar refractivity (Wildman–Crippen MR) is 71.1 cm³/mol. The summed E-state index contributed by atoms with van der Waals surface area (Å²) in [5.41, 5.74) is 7.55. The maximum absolute atomic E-state index is 7.35. The van der Waals surface area contributed by atoms with Crippen LogP contribution >= 0.6 is 0 Å². The largest absolute Gasteiger partial charge is 0.384 e. The lowest BCUT2D eigenvalue weighted by atomic mass is 9.99. The third-order valence-electron chi connectivity index (χ3n) is 3.41. The van der Waals surface area contributed by atoms with E-state index in [4.69, 9.17) is 11.1 Å². The Balaban J connectivity index is 1.96. The molecule has 1 heterocycles. The molecular formula is C14H21N3. The zero-order valence-electron chi connectivity index (χ0n) is 10.4. The highest BCUT2D eigenvalue weighted by Gasteiger charge is 2.15. The Morgan fingerprint density at radius 1 is 1.41 bits per heavy atom. The van der Waals surface area contributed by atoms with Crippen LogP contribution in [0.4, 0.5) is 0 Å². The Morgan fingerprint density at radius 2 is 2.12 bits per heavy atom. The van der Waals surface area contributed by atoms with Gasteiger partial charge in [0.05, 0.1) is 0 Å². The summed E-state index contributed by atoms with van der Waals surface area (Å²) in [6.45, 7) is 5.75. The molecule has 0 aliphatic carbocycles. The van der Waals surface area contributed by atoms with Crippen molar-refractivity contribution in [2.45, 2.75) is 26.3 Å². The van der Waals surface area contributed by atoms with Crippen molar-refractivity contribution in [3.63, 3.8) is 0 Å². The highest BCUT2D eigenvalue weighted by Crippen LogP contribution is 2.17. The topological polar surface area (TPSA) is 53.1 Å². The van der Waals surface area contributed by atoms with Crippen LogP contribution in [0.1, 0.15) is 30.9 Å². The van der Waals surface area contributed by atoms with Gasteiger partial charge >= 0.3 is 0 Å². The van der Waals surface area contributed by atoms with Crippen LogP contribution in [0.2, 0.25) is 0 Å². The van der Waals surface area contributed by atoms with Gasteiger partial charge in [0.2, 0.25) is 0 Å². The molecule has 2 rings (SSSR count). The first kappa shape index (κ1) is 12.1. The molecule has 1 aliphatic heterocycles. The summed E-state index contributed by atoms with van der Waals surface area (Å²) >= 11 is 0. The van der Waals surface area contributed by atoms with Crippen molar-refractivity contribution >= 4 is 5.84 Å². The minimum Gasteiger partial charge on any atom is -0.384 e. The van der Waals surface area contributed by atoms with Gasteiger partial charge in [-0.2, -0.15) is 0 Å². The molecule has 1 saturated heterocycles. The second-order valence-electron chi connectivity index (χ2n) is 5.09. The second kappa shape index (κ2) is 5.32. The van der Waals surface area contributed by atoms with Gasteiger partial charge in [-0.05, 0) is 30.9 Å². The molecule has 1 atom stereocenters. The lowest BCUT2D eigenvalue weighted by Gasteiger charge is -2.30. The zero-order chi connectivity index (χ0) is 12.3. The van der Waals surface area contributed by atoms with Gasteiger partial charge in [0.1, 0.15) is 5.84 Å². The van der Waals surface area contributed by atoms with E-state index < -0.39 is 0 Å². The molecule has 3 heteroatoms. The van der Waals surface area contributed by atoms with E-state index in [9.17, 15) is 0 Å². The van der Waals surface area contributed by atoms with Crippen LogP contribution < -0.4 is 5.73 Å². The highest BCUT2D eigenvalue weighted by atomic mass is 15.1. The van der Waals surface area contributed by atoms with Crippen LogP contribution in [0.15, 0.2) is 24.3 Å². The van der Waals surface area contributed by atoms with E-state index in [1.165, 1.54) is 31.5 Å². The smallest absolute Gasteiger partial charge is 0.122 e. The summed E-state index contributed by atoms with van der Waals surface area (Å²) in [6, 6.07) is 8.03. The summed E-state index contributed by atoms with van der Waals surface area (Å²) in [5.74, 6) is 0.961. The SMILES string of the molecule is CC1CCCN(Cc2ccc(C(=N)N)cc2)C1. The van der Waals surface area contributed by atoms with E-state index in [-0.39, 0.29) is 5.84 Å². The zero-order valence-corrected chi connectivity index (χ0v) is 10.4. The summed E-state index contributed by atoms with van der Waals surface area (Å²) in [4.78, 5) is 2.51. The fourth-order valence-corrected chi connectivity index (χ4v) is 2.48. The van der Waals surface area contributed by atoms with Crippen molar-refractivity contribution in [1.82, 2.24) is 4.90 Å². The monoisotopic (exact) mass is 231 g/mol. The molecule has 3 N–H and O–H groups in total. The maximum Gasteiger partial charge on any atom is 0.122 e. The number of nitrogen functional groups attached to an aromatic ring is 1.